The number of hydrogen-bond donors (Lipinski definition) is 2. The lowest BCUT2D eigenvalue weighted by atomic mass is 9.99. The Morgan fingerprint density at radius 3 is 2.32 bits per heavy atom. The molecule has 4 nitrogen and oxygen atoms in total. The van der Waals surface area contributed by atoms with Gasteiger partial charge >= 0.3 is 0 Å². The molecular formula is C18H26N2O2. The Morgan fingerprint density at radius 1 is 1.14 bits per heavy atom. The van der Waals surface area contributed by atoms with E-state index in [1.807, 2.05) is 38.1 Å². The van der Waals surface area contributed by atoms with Crippen LogP contribution in [0, 0.1) is 5.41 Å². The standard InChI is InChI=1S/C18H26N2O2/c1-5-13(4)19-16(21)18(10-11-18)17(22)20-15-9-7-6-8-14(15)12(2)3/h6-9,12-13H,5,10-11H2,1-4H3,(H,19,21)(H,20,22). The zero-order valence-corrected chi connectivity index (χ0v) is 13.9. The van der Waals surface area contributed by atoms with Crippen LogP contribution in [0.25, 0.3) is 0 Å². The van der Waals surface area contributed by atoms with Crippen molar-refractivity contribution in [2.24, 2.45) is 5.41 Å². The molecule has 1 atom stereocenters. The van der Waals surface area contributed by atoms with Crippen molar-refractivity contribution >= 4 is 17.5 Å². The molecule has 22 heavy (non-hydrogen) atoms. The summed E-state index contributed by atoms with van der Waals surface area (Å²) in [6.45, 7) is 8.16. The molecule has 1 aliphatic rings. The largest absolute Gasteiger partial charge is 0.353 e. The molecule has 0 aromatic heterocycles. The van der Waals surface area contributed by atoms with Crippen LogP contribution >= 0.6 is 0 Å². The highest BCUT2D eigenvalue weighted by molar-refractivity contribution is 6.13. The molecule has 2 amide bonds. The first-order chi connectivity index (χ1) is 10.4. The van der Waals surface area contributed by atoms with Gasteiger partial charge in [-0.1, -0.05) is 39.0 Å². The summed E-state index contributed by atoms with van der Waals surface area (Å²) in [6, 6.07) is 7.88. The molecule has 2 N–H and O–H groups in total. The van der Waals surface area contributed by atoms with Gasteiger partial charge in [0.2, 0.25) is 11.8 Å². The van der Waals surface area contributed by atoms with Gasteiger partial charge in [0.25, 0.3) is 0 Å². The molecule has 120 valence electrons. The smallest absolute Gasteiger partial charge is 0.240 e. The summed E-state index contributed by atoms with van der Waals surface area (Å²) in [4.78, 5) is 25.0. The monoisotopic (exact) mass is 302 g/mol. The minimum Gasteiger partial charge on any atom is -0.353 e. The second-order valence-electron chi connectivity index (χ2n) is 6.56. The summed E-state index contributed by atoms with van der Waals surface area (Å²) >= 11 is 0. The molecule has 0 saturated heterocycles. The maximum atomic E-state index is 12.6. The van der Waals surface area contributed by atoms with E-state index in [4.69, 9.17) is 0 Å². The molecule has 1 aromatic rings. The number of carbonyl (C=O) groups excluding carboxylic acids is 2. The zero-order chi connectivity index (χ0) is 16.3. The Balaban J connectivity index is 2.11. The Kier molecular flexibility index (Phi) is 4.89. The number of anilines is 1. The lowest BCUT2D eigenvalue weighted by Gasteiger charge is -2.20. The van der Waals surface area contributed by atoms with E-state index in [1.54, 1.807) is 0 Å². The molecule has 1 saturated carbocycles. The molecule has 4 heteroatoms. The van der Waals surface area contributed by atoms with Gasteiger partial charge in [-0.05, 0) is 43.7 Å². The van der Waals surface area contributed by atoms with Crippen molar-refractivity contribution in [3.63, 3.8) is 0 Å². The first-order valence-corrected chi connectivity index (χ1v) is 8.12. The van der Waals surface area contributed by atoms with E-state index in [2.05, 4.69) is 24.5 Å². The average Bonchev–Trinajstić information content (AvgIpc) is 3.29. The molecule has 1 aliphatic carbocycles. The van der Waals surface area contributed by atoms with Gasteiger partial charge in [-0.3, -0.25) is 9.59 Å². The molecule has 0 aliphatic heterocycles. The van der Waals surface area contributed by atoms with E-state index in [1.165, 1.54) is 0 Å². The maximum absolute atomic E-state index is 12.6. The number of nitrogens with one attached hydrogen (secondary N) is 2. The fourth-order valence-corrected chi connectivity index (χ4v) is 2.50. The van der Waals surface area contributed by atoms with Crippen molar-refractivity contribution in [1.29, 1.82) is 0 Å². The Hall–Kier alpha value is -1.84. The number of benzene rings is 1. The molecule has 0 heterocycles. The summed E-state index contributed by atoms with van der Waals surface area (Å²) in [5.74, 6) is 0.00312. The van der Waals surface area contributed by atoms with E-state index in [0.29, 0.717) is 18.8 Å². The van der Waals surface area contributed by atoms with Gasteiger partial charge in [0.1, 0.15) is 5.41 Å². The lowest BCUT2D eigenvalue weighted by molar-refractivity contribution is -0.134. The van der Waals surface area contributed by atoms with Crippen molar-refractivity contribution in [3.8, 4) is 0 Å². The van der Waals surface area contributed by atoms with Gasteiger partial charge in [0.05, 0.1) is 0 Å². The molecule has 0 bridgehead atoms. The minimum absolute atomic E-state index is 0.0979. The average molecular weight is 302 g/mol. The molecule has 1 unspecified atom stereocenters. The van der Waals surface area contributed by atoms with Crippen LogP contribution in [0.2, 0.25) is 0 Å². The number of rotatable bonds is 6. The van der Waals surface area contributed by atoms with E-state index in [0.717, 1.165) is 17.7 Å². The predicted octanol–water partition coefficient (Wildman–Crippen LogP) is 3.44. The van der Waals surface area contributed by atoms with Crippen LogP contribution in [-0.2, 0) is 9.59 Å². The Morgan fingerprint density at radius 2 is 1.77 bits per heavy atom. The lowest BCUT2D eigenvalue weighted by Crippen LogP contribution is -2.43. The van der Waals surface area contributed by atoms with Crippen molar-refractivity contribution in [2.75, 3.05) is 5.32 Å². The fourth-order valence-electron chi connectivity index (χ4n) is 2.50. The highest BCUT2D eigenvalue weighted by atomic mass is 16.2. The van der Waals surface area contributed by atoms with Gasteiger partial charge in [0, 0.05) is 11.7 Å². The highest BCUT2D eigenvalue weighted by Gasteiger charge is 2.56. The molecule has 1 aromatic carbocycles. The van der Waals surface area contributed by atoms with Crippen LogP contribution in [0.5, 0.6) is 0 Å². The van der Waals surface area contributed by atoms with Gasteiger partial charge in [-0.2, -0.15) is 0 Å². The summed E-state index contributed by atoms with van der Waals surface area (Å²) in [5.41, 5.74) is 1.03. The van der Waals surface area contributed by atoms with Gasteiger partial charge in [-0.15, -0.1) is 0 Å². The van der Waals surface area contributed by atoms with Crippen LogP contribution < -0.4 is 10.6 Å². The number of amides is 2. The van der Waals surface area contributed by atoms with Crippen LogP contribution in [0.1, 0.15) is 58.4 Å². The topological polar surface area (TPSA) is 58.2 Å². The summed E-state index contributed by atoms with van der Waals surface area (Å²) in [6.07, 6.45) is 2.12. The van der Waals surface area contributed by atoms with Crippen molar-refractivity contribution in [2.45, 2.75) is 58.9 Å². The van der Waals surface area contributed by atoms with E-state index < -0.39 is 5.41 Å². The molecular weight excluding hydrogens is 276 g/mol. The highest BCUT2D eigenvalue weighted by Crippen LogP contribution is 2.47. The molecule has 0 radical (unpaired) electrons. The second kappa shape index (κ2) is 6.51. The third-order valence-electron chi connectivity index (χ3n) is 4.44. The first kappa shape index (κ1) is 16.5. The molecule has 2 rings (SSSR count). The predicted molar refractivity (Wildman–Crippen MR) is 88.7 cm³/mol. The SMILES string of the molecule is CCC(C)NC(=O)C1(C(=O)Nc2ccccc2C(C)C)CC1. The number of hydrogen-bond acceptors (Lipinski definition) is 2. The summed E-state index contributed by atoms with van der Waals surface area (Å²) in [7, 11) is 0. The quantitative estimate of drug-likeness (QED) is 0.791. The number of carbonyl (C=O) groups is 2. The van der Waals surface area contributed by atoms with Crippen molar-refractivity contribution < 1.29 is 9.59 Å². The van der Waals surface area contributed by atoms with Gasteiger partial charge < -0.3 is 10.6 Å². The summed E-state index contributed by atoms with van der Waals surface area (Å²) < 4.78 is 0. The van der Waals surface area contributed by atoms with Crippen LogP contribution in [0.4, 0.5) is 5.69 Å². The van der Waals surface area contributed by atoms with Crippen LogP contribution in [-0.4, -0.2) is 17.9 Å². The molecule has 1 fully saturated rings. The first-order valence-electron chi connectivity index (χ1n) is 8.12. The van der Waals surface area contributed by atoms with E-state index in [9.17, 15) is 9.59 Å². The number of para-hydroxylation sites is 1. The normalized spacial score (nSPS) is 17.0. The van der Waals surface area contributed by atoms with Crippen molar-refractivity contribution in [1.82, 2.24) is 5.32 Å². The Labute approximate surface area is 132 Å². The van der Waals surface area contributed by atoms with Crippen LogP contribution in [0.3, 0.4) is 0 Å². The fraction of sp³-hybridized carbons (Fsp3) is 0.556. The van der Waals surface area contributed by atoms with E-state index >= 15 is 0 Å². The van der Waals surface area contributed by atoms with Crippen LogP contribution in [0.15, 0.2) is 24.3 Å². The summed E-state index contributed by atoms with van der Waals surface area (Å²) in [5, 5.41) is 5.90. The third-order valence-corrected chi connectivity index (χ3v) is 4.44. The zero-order valence-electron chi connectivity index (χ0n) is 13.9. The second-order valence-corrected chi connectivity index (χ2v) is 6.56. The van der Waals surface area contributed by atoms with Crippen molar-refractivity contribution in [3.05, 3.63) is 29.8 Å². The maximum Gasteiger partial charge on any atom is 0.240 e. The van der Waals surface area contributed by atoms with Gasteiger partial charge in [0.15, 0.2) is 0 Å². The Bertz CT molecular complexity index is 562. The minimum atomic E-state index is -0.868. The molecule has 0 spiro atoms. The van der Waals surface area contributed by atoms with Gasteiger partial charge in [-0.25, -0.2) is 0 Å². The third kappa shape index (κ3) is 3.32. The van der Waals surface area contributed by atoms with E-state index in [-0.39, 0.29) is 17.9 Å².